The summed E-state index contributed by atoms with van der Waals surface area (Å²) in [6.45, 7) is 6.63. The molecule has 2 aromatic heterocycles. The first kappa shape index (κ1) is 11.0. The van der Waals surface area contributed by atoms with E-state index in [2.05, 4.69) is 50.4 Å². The lowest BCUT2D eigenvalue weighted by molar-refractivity contribution is 1.46. The van der Waals surface area contributed by atoms with Gasteiger partial charge in [0.25, 0.3) is 0 Å². The van der Waals surface area contributed by atoms with Gasteiger partial charge in [0.05, 0.1) is 4.70 Å². The van der Waals surface area contributed by atoms with Gasteiger partial charge in [-0.1, -0.05) is 24.3 Å². The average Bonchev–Trinajstić information content (AvgIpc) is 2.80. The number of aryl methyl sites for hydroxylation is 3. The highest BCUT2D eigenvalue weighted by molar-refractivity contribution is 7.28. The minimum atomic E-state index is 1.36. The van der Waals surface area contributed by atoms with Crippen molar-refractivity contribution in [1.29, 1.82) is 0 Å². The Morgan fingerprint density at radius 2 is 1.65 bits per heavy atom. The quantitative estimate of drug-likeness (QED) is 0.536. The zero-order valence-electron chi connectivity index (χ0n) is 10.2. The predicted molar refractivity (Wildman–Crippen MR) is 79.3 cm³/mol. The molecule has 0 saturated heterocycles. The molecule has 0 N–H and O–H groups in total. The van der Waals surface area contributed by atoms with E-state index >= 15 is 0 Å². The summed E-state index contributed by atoms with van der Waals surface area (Å²) in [5, 5.41) is 2.27. The Kier molecular flexibility index (Phi) is 2.57. The zero-order valence-corrected chi connectivity index (χ0v) is 11.8. The van der Waals surface area contributed by atoms with Crippen LogP contribution in [0, 0.1) is 20.8 Å². The summed E-state index contributed by atoms with van der Waals surface area (Å²) >= 11 is 3.80. The minimum absolute atomic E-state index is 1.36. The van der Waals surface area contributed by atoms with E-state index in [-0.39, 0.29) is 0 Å². The number of fused-ring (bicyclic) bond motifs is 1. The van der Waals surface area contributed by atoms with Crippen molar-refractivity contribution in [3.8, 4) is 11.1 Å². The van der Waals surface area contributed by atoms with Crippen molar-refractivity contribution in [3.05, 3.63) is 45.6 Å². The molecule has 0 radical (unpaired) electrons. The Morgan fingerprint density at radius 3 is 2.41 bits per heavy atom. The molecule has 0 fully saturated rings. The van der Waals surface area contributed by atoms with E-state index in [9.17, 15) is 0 Å². The molecule has 0 aliphatic heterocycles. The molecule has 0 saturated carbocycles. The van der Waals surface area contributed by atoms with Gasteiger partial charge in [0.2, 0.25) is 0 Å². The summed E-state index contributed by atoms with van der Waals surface area (Å²) < 4.78 is 2.92. The van der Waals surface area contributed by atoms with E-state index in [1.165, 1.54) is 36.5 Å². The third-order valence-corrected chi connectivity index (χ3v) is 5.65. The smallest absolute Gasteiger partial charge is 0.0534 e. The average molecular weight is 258 g/mol. The number of benzene rings is 1. The molecule has 1 aromatic carbocycles. The molecule has 0 unspecified atom stereocenters. The molecule has 0 aliphatic carbocycles. The Labute approximate surface area is 110 Å². The minimum Gasteiger partial charge on any atom is -0.142 e. The van der Waals surface area contributed by atoms with Crippen LogP contribution in [0.2, 0.25) is 0 Å². The van der Waals surface area contributed by atoms with E-state index < -0.39 is 0 Å². The van der Waals surface area contributed by atoms with Crippen molar-refractivity contribution in [1.82, 2.24) is 0 Å². The van der Waals surface area contributed by atoms with Crippen LogP contribution >= 0.6 is 22.7 Å². The SMILES string of the molecule is Cc1ccccc1-c1c(C)sc2c(C)csc12. The van der Waals surface area contributed by atoms with Crippen LogP contribution in [0.1, 0.15) is 16.0 Å². The third-order valence-electron chi connectivity index (χ3n) is 3.17. The van der Waals surface area contributed by atoms with Gasteiger partial charge < -0.3 is 0 Å². The molecule has 0 atom stereocenters. The monoisotopic (exact) mass is 258 g/mol. The lowest BCUT2D eigenvalue weighted by Crippen LogP contribution is -1.81. The van der Waals surface area contributed by atoms with Gasteiger partial charge in [-0.15, -0.1) is 22.7 Å². The molecule has 0 spiro atoms. The van der Waals surface area contributed by atoms with Gasteiger partial charge in [-0.25, -0.2) is 0 Å². The van der Waals surface area contributed by atoms with Crippen molar-refractivity contribution in [3.63, 3.8) is 0 Å². The highest BCUT2D eigenvalue weighted by Crippen LogP contribution is 2.43. The molecule has 17 heavy (non-hydrogen) atoms. The summed E-state index contributed by atoms with van der Waals surface area (Å²) in [4.78, 5) is 1.43. The molecule has 3 rings (SSSR count). The van der Waals surface area contributed by atoms with Gasteiger partial charge in [-0.3, -0.25) is 0 Å². The molecule has 0 amide bonds. The van der Waals surface area contributed by atoms with Gasteiger partial charge in [-0.05, 0) is 42.8 Å². The fraction of sp³-hybridized carbons (Fsp3) is 0.200. The summed E-state index contributed by atoms with van der Waals surface area (Å²) in [7, 11) is 0. The van der Waals surface area contributed by atoms with E-state index in [1.54, 1.807) is 0 Å². The van der Waals surface area contributed by atoms with Gasteiger partial charge in [0.15, 0.2) is 0 Å². The van der Waals surface area contributed by atoms with Crippen LogP contribution in [0.25, 0.3) is 20.5 Å². The molecule has 0 bridgehead atoms. The lowest BCUT2D eigenvalue weighted by Gasteiger charge is -2.04. The number of thiophene rings is 2. The van der Waals surface area contributed by atoms with Crippen LogP contribution in [0.15, 0.2) is 29.6 Å². The van der Waals surface area contributed by atoms with E-state index in [4.69, 9.17) is 0 Å². The van der Waals surface area contributed by atoms with Gasteiger partial charge >= 0.3 is 0 Å². The van der Waals surface area contributed by atoms with Crippen LogP contribution in [-0.4, -0.2) is 0 Å². The first-order valence-electron chi connectivity index (χ1n) is 5.71. The highest BCUT2D eigenvalue weighted by atomic mass is 32.1. The maximum absolute atomic E-state index is 2.27. The standard InChI is InChI=1S/C15H14S2/c1-9-6-4-5-7-12(9)13-11(3)17-14-10(2)8-16-15(13)14/h4-8H,1-3H3. The predicted octanol–water partition coefficient (Wildman–Crippen LogP) is 5.56. The number of rotatable bonds is 1. The van der Waals surface area contributed by atoms with Crippen LogP contribution in [-0.2, 0) is 0 Å². The van der Waals surface area contributed by atoms with Crippen molar-refractivity contribution < 1.29 is 0 Å². The second-order valence-electron chi connectivity index (χ2n) is 4.43. The topological polar surface area (TPSA) is 0 Å². The number of hydrogen-bond acceptors (Lipinski definition) is 2. The summed E-state index contributed by atoms with van der Waals surface area (Å²) in [6.07, 6.45) is 0. The first-order chi connectivity index (χ1) is 8.18. The van der Waals surface area contributed by atoms with Gasteiger partial charge in [-0.2, -0.15) is 0 Å². The second kappa shape index (κ2) is 3.97. The van der Waals surface area contributed by atoms with Gasteiger partial charge in [0, 0.05) is 15.1 Å². The molecule has 86 valence electrons. The fourth-order valence-corrected chi connectivity index (χ4v) is 4.77. The van der Waals surface area contributed by atoms with Gasteiger partial charge in [0.1, 0.15) is 0 Å². The summed E-state index contributed by atoms with van der Waals surface area (Å²) in [6, 6.07) is 8.67. The maximum atomic E-state index is 2.27. The largest absolute Gasteiger partial charge is 0.142 e. The second-order valence-corrected chi connectivity index (χ2v) is 6.53. The van der Waals surface area contributed by atoms with E-state index in [0.717, 1.165) is 0 Å². The molecule has 2 heterocycles. The highest BCUT2D eigenvalue weighted by Gasteiger charge is 2.15. The Hall–Kier alpha value is -1.12. The van der Waals surface area contributed by atoms with Crippen molar-refractivity contribution >= 4 is 32.1 Å². The van der Waals surface area contributed by atoms with Crippen LogP contribution in [0.4, 0.5) is 0 Å². The normalized spacial score (nSPS) is 11.2. The van der Waals surface area contributed by atoms with E-state index in [0.29, 0.717) is 0 Å². The van der Waals surface area contributed by atoms with Crippen LogP contribution < -0.4 is 0 Å². The maximum Gasteiger partial charge on any atom is 0.0534 e. The molecule has 0 nitrogen and oxygen atoms in total. The summed E-state index contributed by atoms with van der Waals surface area (Å²) in [5.74, 6) is 0. The van der Waals surface area contributed by atoms with Crippen molar-refractivity contribution in [2.75, 3.05) is 0 Å². The molecular formula is C15H14S2. The fourth-order valence-electron chi connectivity index (χ4n) is 2.26. The lowest BCUT2D eigenvalue weighted by atomic mass is 10.0. The Bertz CT molecular complexity index is 686. The zero-order chi connectivity index (χ0) is 12.0. The van der Waals surface area contributed by atoms with Crippen LogP contribution in [0.5, 0.6) is 0 Å². The Morgan fingerprint density at radius 1 is 0.882 bits per heavy atom. The van der Waals surface area contributed by atoms with Crippen molar-refractivity contribution in [2.45, 2.75) is 20.8 Å². The number of hydrogen-bond donors (Lipinski definition) is 0. The first-order valence-corrected chi connectivity index (χ1v) is 7.41. The molecule has 0 aliphatic rings. The third kappa shape index (κ3) is 1.63. The Balaban J connectivity index is 2.37. The molecular weight excluding hydrogens is 244 g/mol. The van der Waals surface area contributed by atoms with Crippen LogP contribution in [0.3, 0.4) is 0 Å². The van der Waals surface area contributed by atoms with E-state index in [1.807, 2.05) is 22.7 Å². The molecule has 3 aromatic rings. The molecule has 2 heteroatoms. The summed E-state index contributed by atoms with van der Waals surface area (Å²) in [5.41, 5.74) is 5.61. The van der Waals surface area contributed by atoms with Crippen molar-refractivity contribution in [2.24, 2.45) is 0 Å².